The third-order valence-corrected chi connectivity index (χ3v) is 8.12. The molecule has 1 aromatic carbocycles. The number of hydrogen-bond acceptors (Lipinski definition) is 4. The van der Waals surface area contributed by atoms with E-state index in [0.717, 1.165) is 25.5 Å². The van der Waals surface area contributed by atoms with E-state index < -0.39 is 19.7 Å². The number of sulfone groups is 2. The predicted molar refractivity (Wildman–Crippen MR) is 121 cm³/mol. The fourth-order valence-electron chi connectivity index (χ4n) is 3.43. The fraction of sp³-hybridized carbons (Fsp3) is 0.739. The zero-order chi connectivity index (χ0) is 21.6. The van der Waals surface area contributed by atoms with Gasteiger partial charge < -0.3 is 0 Å². The lowest BCUT2D eigenvalue weighted by molar-refractivity contribution is 0.537. The van der Waals surface area contributed by atoms with Crippen LogP contribution in [0.4, 0.5) is 0 Å². The van der Waals surface area contributed by atoms with E-state index in [9.17, 15) is 16.8 Å². The quantitative estimate of drug-likeness (QED) is 0.271. The number of unbranched alkanes of at least 4 members (excludes halogenated alkanes) is 13. The van der Waals surface area contributed by atoms with Gasteiger partial charge in [-0.1, -0.05) is 96.5 Å². The molecule has 0 amide bonds. The Labute approximate surface area is 179 Å². The van der Waals surface area contributed by atoms with Crippen molar-refractivity contribution in [2.45, 2.75) is 107 Å². The summed E-state index contributed by atoms with van der Waals surface area (Å²) in [7, 11) is -6.90. The second kappa shape index (κ2) is 14.2. The van der Waals surface area contributed by atoms with Crippen LogP contribution in [0.2, 0.25) is 0 Å². The highest BCUT2D eigenvalue weighted by molar-refractivity contribution is 7.92. The van der Waals surface area contributed by atoms with E-state index in [1.807, 2.05) is 0 Å². The Balaban J connectivity index is 2.11. The number of benzene rings is 1. The highest BCUT2D eigenvalue weighted by Gasteiger charge is 2.17. The SMILES string of the molecule is CCCCCCCCCCCCCCCCS(=O)(=O)c1[c]ccc(S(C)(=O)=O)c1. The maximum atomic E-state index is 12.4. The van der Waals surface area contributed by atoms with Gasteiger partial charge in [0.1, 0.15) is 0 Å². The second-order valence-corrected chi connectivity index (χ2v) is 12.2. The molecule has 0 saturated carbocycles. The molecule has 0 aromatic heterocycles. The van der Waals surface area contributed by atoms with Gasteiger partial charge in [0.25, 0.3) is 0 Å². The van der Waals surface area contributed by atoms with E-state index in [4.69, 9.17) is 0 Å². The van der Waals surface area contributed by atoms with Gasteiger partial charge in [-0.15, -0.1) is 0 Å². The van der Waals surface area contributed by atoms with Gasteiger partial charge in [-0.3, -0.25) is 0 Å². The second-order valence-electron chi connectivity index (χ2n) is 8.08. The third kappa shape index (κ3) is 11.8. The zero-order valence-electron chi connectivity index (χ0n) is 18.3. The van der Waals surface area contributed by atoms with Crippen molar-refractivity contribution in [3.63, 3.8) is 0 Å². The van der Waals surface area contributed by atoms with Crippen LogP contribution >= 0.6 is 0 Å². The molecule has 6 heteroatoms. The minimum atomic E-state index is -3.48. The molecule has 0 heterocycles. The summed E-state index contributed by atoms with van der Waals surface area (Å²) in [6.07, 6.45) is 18.1. The van der Waals surface area contributed by atoms with E-state index in [1.54, 1.807) is 0 Å². The van der Waals surface area contributed by atoms with Crippen LogP contribution in [0, 0.1) is 6.07 Å². The molecule has 0 spiro atoms. The molecule has 29 heavy (non-hydrogen) atoms. The summed E-state index contributed by atoms with van der Waals surface area (Å²) >= 11 is 0. The average molecular weight is 444 g/mol. The molecule has 1 radical (unpaired) electrons. The van der Waals surface area contributed by atoms with Gasteiger partial charge in [0.15, 0.2) is 19.7 Å². The predicted octanol–water partition coefficient (Wildman–Crippen LogP) is 6.15. The molecule has 0 N–H and O–H groups in total. The molecule has 0 atom stereocenters. The topological polar surface area (TPSA) is 68.3 Å². The van der Waals surface area contributed by atoms with Crippen molar-refractivity contribution in [3.05, 3.63) is 24.3 Å². The average Bonchev–Trinajstić information content (AvgIpc) is 2.67. The smallest absolute Gasteiger partial charge is 0.179 e. The highest BCUT2D eigenvalue weighted by Crippen LogP contribution is 2.18. The van der Waals surface area contributed by atoms with Crippen molar-refractivity contribution < 1.29 is 16.8 Å². The first-order valence-electron chi connectivity index (χ1n) is 11.2. The van der Waals surface area contributed by atoms with Gasteiger partial charge in [-0.2, -0.15) is 0 Å². The minimum absolute atomic E-state index is 0.0184. The van der Waals surface area contributed by atoms with Gasteiger partial charge in [0, 0.05) is 12.3 Å². The standard InChI is InChI=1S/C23H39O4S2/c1-3-4-5-6-7-8-9-10-11-12-13-14-15-16-20-29(26,27)23-19-17-18-22(21-23)28(2,24)25/h17-18,21H,3-16,20H2,1-2H3. The van der Waals surface area contributed by atoms with Gasteiger partial charge >= 0.3 is 0 Å². The summed E-state index contributed by atoms with van der Waals surface area (Å²) in [4.78, 5) is 0.00547. The lowest BCUT2D eigenvalue weighted by Crippen LogP contribution is -2.08. The summed E-state index contributed by atoms with van der Waals surface area (Å²) in [5.74, 6) is 0.0503. The van der Waals surface area contributed by atoms with E-state index in [0.29, 0.717) is 6.42 Å². The van der Waals surface area contributed by atoms with Gasteiger partial charge in [-0.05, 0) is 18.6 Å². The summed E-state index contributed by atoms with van der Waals surface area (Å²) in [5.41, 5.74) is 0. The fourth-order valence-corrected chi connectivity index (χ4v) is 5.51. The van der Waals surface area contributed by atoms with Crippen molar-refractivity contribution in [3.8, 4) is 0 Å². The van der Waals surface area contributed by atoms with Crippen LogP contribution in [0.5, 0.6) is 0 Å². The van der Waals surface area contributed by atoms with Crippen molar-refractivity contribution in [2.24, 2.45) is 0 Å². The van der Waals surface area contributed by atoms with Crippen LogP contribution in [0.15, 0.2) is 28.0 Å². The first kappa shape index (κ1) is 26.2. The Morgan fingerprint density at radius 3 is 1.62 bits per heavy atom. The van der Waals surface area contributed by atoms with Crippen LogP contribution in [0.1, 0.15) is 96.8 Å². The third-order valence-electron chi connectivity index (χ3n) is 5.28. The van der Waals surface area contributed by atoms with E-state index in [-0.39, 0.29) is 15.5 Å². The molecule has 0 bridgehead atoms. The molecular formula is C23H39O4S2. The normalized spacial score (nSPS) is 12.3. The van der Waals surface area contributed by atoms with Crippen LogP contribution < -0.4 is 0 Å². The molecule has 0 aliphatic heterocycles. The Morgan fingerprint density at radius 2 is 1.17 bits per heavy atom. The largest absolute Gasteiger partial charge is 0.224 e. The zero-order valence-corrected chi connectivity index (χ0v) is 19.9. The molecule has 0 aliphatic rings. The first-order valence-corrected chi connectivity index (χ1v) is 14.8. The van der Waals surface area contributed by atoms with Crippen LogP contribution in [0.25, 0.3) is 0 Å². The highest BCUT2D eigenvalue weighted by atomic mass is 32.2. The van der Waals surface area contributed by atoms with Crippen LogP contribution in [0.3, 0.4) is 0 Å². The summed E-state index contributed by atoms with van der Waals surface area (Å²) in [6.45, 7) is 2.25. The lowest BCUT2D eigenvalue weighted by atomic mass is 10.0. The van der Waals surface area contributed by atoms with E-state index in [2.05, 4.69) is 13.0 Å². The van der Waals surface area contributed by atoms with Gasteiger partial charge in [-0.25, -0.2) is 16.8 Å². The van der Waals surface area contributed by atoms with Gasteiger partial charge in [0.2, 0.25) is 0 Å². The van der Waals surface area contributed by atoms with Crippen molar-refractivity contribution in [1.29, 1.82) is 0 Å². The summed E-state index contributed by atoms with van der Waals surface area (Å²) < 4.78 is 48.0. The first-order chi connectivity index (χ1) is 13.8. The molecule has 0 unspecified atom stereocenters. The molecule has 0 fully saturated rings. The van der Waals surface area contributed by atoms with Crippen molar-refractivity contribution in [1.82, 2.24) is 0 Å². The Bertz CT molecular complexity index is 768. The maximum Gasteiger partial charge on any atom is 0.179 e. The Morgan fingerprint density at radius 1 is 0.724 bits per heavy atom. The molecule has 4 nitrogen and oxygen atoms in total. The van der Waals surface area contributed by atoms with Crippen LogP contribution in [-0.4, -0.2) is 28.8 Å². The number of rotatable bonds is 17. The molecule has 1 rings (SSSR count). The van der Waals surface area contributed by atoms with Crippen molar-refractivity contribution >= 4 is 19.7 Å². The lowest BCUT2D eigenvalue weighted by Gasteiger charge is -2.06. The molecular weight excluding hydrogens is 404 g/mol. The van der Waals surface area contributed by atoms with E-state index >= 15 is 0 Å². The Kier molecular flexibility index (Phi) is 12.8. The summed E-state index contributed by atoms with van der Waals surface area (Å²) in [6, 6.07) is 6.63. The molecule has 0 aliphatic carbocycles. The molecule has 0 saturated heterocycles. The Hall–Kier alpha value is -0.880. The van der Waals surface area contributed by atoms with Gasteiger partial charge in [0.05, 0.1) is 15.5 Å². The number of hydrogen-bond donors (Lipinski definition) is 0. The van der Waals surface area contributed by atoms with E-state index in [1.165, 1.54) is 82.4 Å². The van der Waals surface area contributed by atoms with Crippen molar-refractivity contribution in [2.75, 3.05) is 12.0 Å². The molecule has 167 valence electrons. The molecule has 1 aromatic rings. The summed E-state index contributed by atoms with van der Waals surface area (Å²) in [5, 5.41) is 0. The minimum Gasteiger partial charge on any atom is -0.224 e. The van der Waals surface area contributed by atoms with Crippen LogP contribution in [-0.2, 0) is 19.7 Å². The monoisotopic (exact) mass is 443 g/mol. The maximum absolute atomic E-state index is 12.4.